The fourth-order valence-electron chi connectivity index (χ4n) is 5.50. The smallest absolute Gasteiger partial charge is 0.337 e. The minimum atomic E-state index is -0.506. The van der Waals surface area contributed by atoms with E-state index in [-0.39, 0.29) is 6.04 Å². The second-order valence-corrected chi connectivity index (χ2v) is 10.0. The van der Waals surface area contributed by atoms with Crippen molar-refractivity contribution in [2.75, 3.05) is 45.8 Å². The highest BCUT2D eigenvalue weighted by atomic mass is 16.5. The van der Waals surface area contributed by atoms with E-state index in [0.717, 1.165) is 51.2 Å². The zero-order valence-corrected chi connectivity index (χ0v) is 25.0. The van der Waals surface area contributed by atoms with Gasteiger partial charge in [0.05, 0.1) is 53.2 Å². The van der Waals surface area contributed by atoms with Crippen LogP contribution in [0.5, 0.6) is 23.0 Å². The Morgan fingerprint density at radius 3 is 1.53 bits per heavy atom. The Hall–Kier alpha value is -5.11. The zero-order chi connectivity index (χ0) is 30.3. The van der Waals surface area contributed by atoms with Gasteiger partial charge in [0, 0.05) is 23.5 Å². The van der Waals surface area contributed by atoms with Crippen molar-refractivity contribution in [2.45, 2.75) is 18.5 Å². The molecular formula is C35H36N2O6. The van der Waals surface area contributed by atoms with Crippen LogP contribution in [0, 0.1) is 0 Å². The predicted octanol–water partition coefficient (Wildman–Crippen LogP) is 6.95. The van der Waals surface area contributed by atoms with Crippen molar-refractivity contribution in [1.29, 1.82) is 0 Å². The number of carbonyl (C=O) groups is 1. The summed E-state index contributed by atoms with van der Waals surface area (Å²) >= 11 is 0. The average Bonchev–Trinajstić information content (AvgIpc) is 3.08. The second-order valence-electron chi connectivity index (χ2n) is 10.0. The molecule has 8 nitrogen and oxygen atoms in total. The number of esters is 1. The molecule has 43 heavy (non-hydrogen) atoms. The van der Waals surface area contributed by atoms with Crippen LogP contribution >= 0.6 is 0 Å². The molecule has 0 unspecified atom stereocenters. The molecule has 2 atom stereocenters. The lowest BCUT2D eigenvalue weighted by Gasteiger charge is -2.46. The maximum Gasteiger partial charge on any atom is 0.337 e. The number of ether oxygens (including phenoxy) is 5. The first-order chi connectivity index (χ1) is 21.0. The number of hydrogen-bond acceptors (Lipinski definition) is 8. The van der Waals surface area contributed by atoms with Crippen LogP contribution < -0.4 is 29.2 Å². The SMILES string of the molecule is COC(=O)C1=C(Nc2ccc(OC)cc2)C[C@@H](c2ccc(OC)cc2)N(c2ccc(OC)cc2)[C@@H]1c1ccc(OC)cc1. The van der Waals surface area contributed by atoms with Gasteiger partial charge in [0.15, 0.2) is 0 Å². The summed E-state index contributed by atoms with van der Waals surface area (Å²) in [6.45, 7) is 0. The third-order valence-corrected chi connectivity index (χ3v) is 7.70. The number of rotatable bonds is 10. The minimum absolute atomic E-state index is 0.166. The molecule has 8 heteroatoms. The van der Waals surface area contributed by atoms with Gasteiger partial charge in [0.1, 0.15) is 23.0 Å². The molecule has 0 saturated heterocycles. The van der Waals surface area contributed by atoms with Crippen molar-refractivity contribution < 1.29 is 28.5 Å². The van der Waals surface area contributed by atoms with E-state index in [2.05, 4.69) is 22.3 Å². The standard InChI is InChI=1S/C35H36N2O6/c1-39-27-14-6-23(7-15-27)32-22-31(36-25-10-18-29(41-3)19-11-25)33(35(38)43-5)34(24-8-16-28(40-2)17-9-24)37(32)26-12-20-30(42-4)21-13-26/h6-21,32,34,36H,22H2,1-5H3/t32-,34+/m0/s1. The van der Waals surface area contributed by atoms with Crippen molar-refractivity contribution in [3.63, 3.8) is 0 Å². The van der Waals surface area contributed by atoms with E-state index in [1.165, 1.54) is 7.11 Å². The number of anilines is 2. The van der Waals surface area contributed by atoms with Crippen LogP contribution in [0.1, 0.15) is 29.6 Å². The molecule has 0 fully saturated rings. The van der Waals surface area contributed by atoms with Gasteiger partial charge in [0.2, 0.25) is 0 Å². The fourth-order valence-corrected chi connectivity index (χ4v) is 5.50. The third-order valence-electron chi connectivity index (χ3n) is 7.70. The summed E-state index contributed by atoms with van der Waals surface area (Å²) in [5, 5.41) is 3.56. The van der Waals surface area contributed by atoms with E-state index in [4.69, 9.17) is 23.7 Å². The molecule has 4 aromatic rings. The molecule has 0 spiro atoms. The maximum absolute atomic E-state index is 13.8. The lowest BCUT2D eigenvalue weighted by atomic mass is 9.84. The average molecular weight is 581 g/mol. The van der Waals surface area contributed by atoms with E-state index >= 15 is 0 Å². The summed E-state index contributed by atoms with van der Waals surface area (Å²) in [7, 11) is 7.98. The molecule has 0 radical (unpaired) electrons. The first kappa shape index (κ1) is 29.4. The number of hydrogen-bond donors (Lipinski definition) is 1. The molecule has 0 aliphatic carbocycles. The Bertz CT molecular complexity index is 1550. The van der Waals surface area contributed by atoms with Crippen LogP contribution in [0.3, 0.4) is 0 Å². The van der Waals surface area contributed by atoms with Crippen molar-refractivity contribution in [1.82, 2.24) is 0 Å². The zero-order valence-electron chi connectivity index (χ0n) is 25.0. The van der Waals surface area contributed by atoms with Crippen LogP contribution in [0.2, 0.25) is 0 Å². The highest BCUT2D eigenvalue weighted by Crippen LogP contribution is 2.48. The van der Waals surface area contributed by atoms with E-state index in [0.29, 0.717) is 12.0 Å². The molecule has 1 heterocycles. The normalized spacial score (nSPS) is 16.3. The Labute approximate surface area is 252 Å². The molecule has 5 rings (SSSR count). The summed E-state index contributed by atoms with van der Waals surface area (Å²) in [5.74, 6) is 2.57. The molecule has 0 aromatic heterocycles. The number of benzene rings is 4. The van der Waals surface area contributed by atoms with Crippen molar-refractivity contribution >= 4 is 17.3 Å². The number of methoxy groups -OCH3 is 5. The maximum atomic E-state index is 13.8. The van der Waals surface area contributed by atoms with Gasteiger partial charge in [-0.1, -0.05) is 24.3 Å². The molecule has 0 bridgehead atoms. The van der Waals surface area contributed by atoms with Crippen LogP contribution in [-0.4, -0.2) is 41.5 Å². The second kappa shape index (κ2) is 13.2. The Balaban J connectivity index is 1.75. The molecule has 4 aromatic carbocycles. The lowest BCUT2D eigenvalue weighted by Crippen LogP contribution is -2.41. The molecule has 1 aliphatic rings. The summed E-state index contributed by atoms with van der Waals surface area (Å²) < 4.78 is 27.2. The lowest BCUT2D eigenvalue weighted by molar-refractivity contribution is -0.136. The van der Waals surface area contributed by atoms with Gasteiger partial charge in [-0.15, -0.1) is 0 Å². The Morgan fingerprint density at radius 1 is 0.628 bits per heavy atom. The molecule has 0 saturated carbocycles. The molecule has 0 amide bonds. The van der Waals surface area contributed by atoms with Gasteiger partial charge in [-0.05, 0) is 83.9 Å². The van der Waals surface area contributed by atoms with Crippen molar-refractivity contribution in [3.8, 4) is 23.0 Å². The minimum Gasteiger partial charge on any atom is -0.497 e. The highest BCUT2D eigenvalue weighted by molar-refractivity contribution is 5.93. The van der Waals surface area contributed by atoms with Gasteiger partial charge in [-0.2, -0.15) is 0 Å². The van der Waals surface area contributed by atoms with Gasteiger partial charge in [-0.25, -0.2) is 4.79 Å². The summed E-state index contributed by atoms with van der Waals surface area (Å²) in [4.78, 5) is 16.0. The van der Waals surface area contributed by atoms with Gasteiger partial charge in [0.25, 0.3) is 0 Å². The molecule has 222 valence electrons. The number of nitrogens with one attached hydrogen (secondary N) is 1. The first-order valence-corrected chi connectivity index (χ1v) is 13.9. The summed E-state index contributed by atoms with van der Waals surface area (Å²) in [6.07, 6.45) is 0.501. The number of nitrogens with zero attached hydrogens (tertiary/aromatic N) is 1. The van der Waals surface area contributed by atoms with Crippen LogP contribution in [0.4, 0.5) is 11.4 Å². The first-order valence-electron chi connectivity index (χ1n) is 13.9. The van der Waals surface area contributed by atoms with Gasteiger partial charge >= 0.3 is 5.97 Å². The Morgan fingerprint density at radius 2 is 1.07 bits per heavy atom. The van der Waals surface area contributed by atoms with E-state index < -0.39 is 12.0 Å². The molecule has 1 N–H and O–H groups in total. The van der Waals surface area contributed by atoms with E-state index in [1.807, 2.05) is 84.9 Å². The molecular weight excluding hydrogens is 544 g/mol. The summed E-state index contributed by atoms with van der Waals surface area (Å²) in [6, 6.07) is 30.7. The number of carbonyl (C=O) groups excluding carboxylic acids is 1. The quantitative estimate of drug-likeness (QED) is 0.202. The predicted molar refractivity (Wildman–Crippen MR) is 167 cm³/mol. The van der Waals surface area contributed by atoms with Crippen LogP contribution in [0.25, 0.3) is 0 Å². The summed E-state index contributed by atoms with van der Waals surface area (Å²) in [5.41, 5.74) is 5.01. The van der Waals surface area contributed by atoms with Gasteiger partial charge < -0.3 is 33.9 Å². The van der Waals surface area contributed by atoms with Crippen LogP contribution in [-0.2, 0) is 9.53 Å². The van der Waals surface area contributed by atoms with E-state index in [9.17, 15) is 4.79 Å². The topological polar surface area (TPSA) is 78.5 Å². The van der Waals surface area contributed by atoms with Crippen LogP contribution in [0.15, 0.2) is 108 Å². The molecule has 1 aliphatic heterocycles. The van der Waals surface area contributed by atoms with Gasteiger partial charge in [-0.3, -0.25) is 0 Å². The largest absolute Gasteiger partial charge is 0.497 e. The van der Waals surface area contributed by atoms with Crippen molar-refractivity contribution in [3.05, 3.63) is 119 Å². The third kappa shape index (κ3) is 6.23. The van der Waals surface area contributed by atoms with E-state index in [1.54, 1.807) is 28.4 Å². The van der Waals surface area contributed by atoms with Crippen molar-refractivity contribution in [2.24, 2.45) is 0 Å². The monoisotopic (exact) mass is 580 g/mol. The Kier molecular flexibility index (Phi) is 9.05. The fraction of sp³-hybridized carbons (Fsp3) is 0.229. The highest BCUT2D eigenvalue weighted by Gasteiger charge is 2.41.